The van der Waals surface area contributed by atoms with Crippen LogP contribution in [0.2, 0.25) is 0 Å². The predicted octanol–water partition coefficient (Wildman–Crippen LogP) is 6.00. The third-order valence-electron chi connectivity index (χ3n) is 8.03. The molecule has 0 N–H and O–H groups in total. The van der Waals surface area contributed by atoms with Gasteiger partial charge >= 0.3 is 5.97 Å². The number of carbonyl (C=O) groups excluding carboxylic acids is 1. The van der Waals surface area contributed by atoms with Crippen molar-refractivity contribution in [3.63, 3.8) is 0 Å². The van der Waals surface area contributed by atoms with Gasteiger partial charge in [-0.15, -0.1) is 0 Å². The largest absolute Gasteiger partial charge is 0.462 e. The van der Waals surface area contributed by atoms with E-state index in [1.807, 2.05) is 22.8 Å². The molecule has 7 nitrogen and oxygen atoms in total. The molecule has 4 aromatic rings. The van der Waals surface area contributed by atoms with Crippen LogP contribution >= 0.6 is 11.3 Å². The molecule has 2 fully saturated rings. The van der Waals surface area contributed by atoms with Crippen LogP contribution in [0.25, 0.3) is 26.8 Å². The Bertz CT molecular complexity index is 1350. The highest BCUT2D eigenvalue weighted by Crippen LogP contribution is 2.31. The molecule has 0 radical (unpaired) electrons. The molecule has 1 saturated carbocycles. The maximum Gasteiger partial charge on any atom is 0.338 e. The maximum absolute atomic E-state index is 11.9. The molecule has 2 aromatic carbocycles. The van der Waals surface area contributed by atoms with E-state index in [-0.39, 0.29) is 5.97 Å². The number of hydrogen-bond donors (Lipinski definition) is 0. The van der Waals surface area contributed by atoms with Gasteiger partial charge in [0.25, 0.3) is 0 Å². The molecule has 198 valence electrons. The molecule has 0 bridgehead atoms. The monoisotopic (exact) mass is 529 g/mol. The zero-order chi connectivity index (χ0) is 26.1. The number of anilines is 1. The Morgan fingerprint density at radius 3 is 2.29 bits per heavy atom. The maximum atomic E-state index is 11.9. The number of ether oxygens (including phenoxy) is 1. The predicted molar refractivity (Wildman–Crippen MR) is 153 cm³/mol. The molecule has 6 rings (SSSR count). The fraction of sp³-hybridized carbons (Fsp3) is 0.433. The minimum atomic E-state index is -0.307. The highest BCUT2D eigenvalue weighted by Gasteiger charge is 2.27. The van der Waals surface area contributed by atoms with E-state index in [9.17, 15) is 4.79 Å². The molecule has 0 amide bonds. The average Bonchev–Trinajstić information content (AvgIpc) is 3.54. The summed E-state index contributed by atoms with van der Waals surface area (Å²) < 4.78 is 6.91. The Labute approximate surface area is 228 Å². The first-order chi connectivity index (χ1) is 18.6. The molecule has 8 heteroatoms. The van der Waals surface area contributed by atoms with Gasteiger partial charge in [-0.25, -0.2) is 14.3 Å². The number of nitrogens with zero attached hydrogens (tertiary/aromatic N) is 5. The topological polar surface area (TPSA) is 63.0 Å². The van der Waals surface area contributed by atoms with Crippen LogP contribution in [0, 0.1) is 5.92 Å². The quantitative estimate of drug-likeness (QED) is 0.286. The number of rotatable bonds is 6. The van der Waals surface area contributed by atoms with Crippen LogP contribution in [0.4, 0.5) is 5.69 Å². The van der Waals surface area contributed by atoms with E-state index in [2.05, 4.69) is 41.0 Å². The van der Waals surface area contributed by atoms with E-state index < -0.39 is 0 Å². The van der Waals surface area contributed by atoms with Crippen molar-refractivity contribution in [2.75, 3.05) is 37.7 Å². The molecule has 0 unspecified atom stereocenters. The Morgan fingerprint density at radius 1 is 0.947 bits per heavy atom. The summed E-state index contributed by atoms with van der Waals surface area (Å²) in [4.78, 5) is 22.8. The summed E-state index contributed by atoms with van der Waals surface area (Å²) in [5, 5.41) is 5.74. The molecular weight excluding hydrogens is 494 g/mol. The summed E-state index contributed by atoms with van der Waals surface area (Å²) in [6, 6.07) is 17.0. The molecule has 1 aliphatic heterocycles. The lowest BCUT2D eigenvalue weighted by Gasteiger charge is -2.42. The molecule has 2 aliphatic rings. The average molecular weight is 530 g/mol. The molecular formula is C30H35N5O2S. The second-order valence-corrected chi connectivity index (χ2v) is 11.5. The molecule has 2 aromatic heterocycles. The summed E-state index contributed by atoms with van der Waals surface area (Å²) in [5.41, 5.74) is 4.73. The van der Waals surface area contributed by atoms with Crippen LogP contribution in [0.3, 0.4) is 0 Å². The van der Waals surface area contributed by atoms with Crippen molar-refractivity contribution in [2.45, 2.75) is 45.6 Å². The number of aromatic nitrogens is 3. The second kappa shape index (κ2) is 10.9. The van der Waals surface area contributed by atoms with Gasteiger partial charge in [0, 0.05) is 49.0 Å². The van der Waals surface area contributed by atoms with E-state index in [0.29, 0.717) is 12.2 Å². The van der Waals surface area contributed by atoms with E-state index in [1.165, 1.54) is 44.5 Å². The second-order valence-electron chi connectivity index (χ2n) is 10.5. The van der Waals surface area contributed by atoms with E-state index in [1.54, 1.807) is 30.4 Å². The molecule has 0 atom stereocenters. The summed E-state index contributed by atoms with van der Waals surface area (Å²) in [7, 11) is 0. The van der Waals surface area contributed by atoms with E-state index >= 15 is 0 Å². The lowest BCUT2D eigenvalue weighted by molar-refractivity contribution is 0.0526. The standard InChI is InChI=1S/C30H35N5O2S/c1-3-37-29(36)24-8-6-22(7-9-24)27-20-35-30(31-27)38-28(32-35)23-10-14-26(15-11-23)34-18-16-33(17-19-34)25-12-4-21(2)5-13-25/h6-11,14-15,20-21,25H,3-5,12-13,16-19H2,1-2H3. The highest BCUT2D eigenvalue weighted by molar-refractivity contribution is 7.19. The van der Waals surface area contributed by atoms with Crippen molar-refractivity contribution in [2.24, 2.45) is 5.92 Å². The Balaban J connectivity index is 1.09. The van der Waals surface area contributed by atoms with Crippen LogP contribution in [0.1, 0.15) is 49.9 Å². The molecule has 0 spiro atoms. The van der Waals surface area contributed by atoms with Crippen LogP contribution in [0.15, 0.2) is 54.7 Å². The summed E-state index contributed by atoms with van der Waals surface area (Å²) >= 11 is 1.58. The number of fused-ring (bicyclic) bond motifs is 1. The number of imidazole rings is 1. The number of hydrogen-bond acceptors (Lipinski definition) is 7. The SMILES string of the molecule is CCOC(=O)c1ccc(-c2cn3nc(-c4ccc(N5CCN(C6CCC(C)CC6)CC5)cc4)sc3n2)cc1. The molecule has 1 aliphatic carbocycles. The van der Waals surface area contributed by atoms with Crippen LogP contribution in [0.5, 0.6) is 0 Å². The van der Waals surface area contributed by atoms with Crippen LogP contribution in [-0.2, 0) is 4.74 Å². The fourth-order valence-corrected chi connectivity index (χ4v) is 6.60. The van der Waals surface area contributed by atoms with Crippen molar-refractivity contribution in [3.05, 3.63) is 60.3 Å². The normalized spacial score (nSPS) is 20.6. The first-order valence-electron chi connectivity index (χ1n) is 13.8. The van der Waals surface area contributed by atoms with Crippen LogP contribution < -0.4 is 4.90 Å². The van der Waals surface area contributed by atoms with Gasteiger partial charge < -0.3 is 9.64 Å². The lowest BCUT2D eigenvalue weighted by Crippen LogP contribution is -2.51. The van der Waals surface area contributed by atoms with Crippen molar-refractivity contribution in [1.29, 1.82) is 0 Å². The van der Waals surface area contributed by atoms with Gasteiger partial charge in [-0.1, -0.05) is 30.4 Å². The lowest BCUT2D eigenvalue weighted by atomic mass is 9.86. The van der Waals surface area contributed by atoms with Crippen molar-refractivity contribution in [3.8, 4) is 21.8 Å². The van der Waals surface area contributed by atoms with E-state index in [4.69, 9.17) is 14.8 Å². The zero-order valence-electron chi connectivity index (χ0n) is 22.2. The zero-order valence-corrected chi connectivity index (χ0v) is 23.0. The van der Waals surface area contributed by atoms with Crippen molar-refractivity contribution < 1.29 is 9.53 Å². The fourth-order valence-electron chi connectivity index (χ4n) is 5.72. The van der Waals surface area contributed by atoms with Gasteiger partial charge in [0.1, 0.15) is 5.01 Å². The third kappa shape index (κ3) is 5.20. The van der Waals surface area contributed by atoms with Gasteiger partial charge in [-0.3, -0.25) is 4.90 Å². The van der Waals surface area contributed by atoms with Crippen molar-refractivity contribution >= 4 is 28.0 Å². The minimum absolute atomic E-state index is 0.307. The Hall–Kier alpha value is -3.23. The third-order valence-corrected chi connectivity index (χ3v) is 9.00. The van der Waals surface area contributed by atoms with E-state index in [0.717, 1.165) is 51.8 Å². The van der Waals surface area contributed by atoms with Crippen molar-refractivity contribution in [1.82, 2.24) is 19.5 Å². The van der Waals surface area contributed by atoms with Gasteiger partial charge in [0.05, 0.1) is 24.1 Å². The summed E-state index contributed by atoms with van der Waals surface area (Å²) in [5.74, 6) is 0.602. The van der Waals surface area contributed by atoms with Gasteiger partial charge in [0.2, 0.25) is 4.96 Å². The molecule has 3 heterocycles. The van der Waals surface area contributed by atoms with Gasteiger partial charge in [0.15, 0.2) is 0 Å². The summed E-state index contributed by atoms with van der Waals surface area (Å²) in [6.07, 6.45) is 7.46. The minimum Gasteiger partial charge on any atom is -0.462 e. The number of carbonyl (C=O) groups is 1. The first-order valence-corrected chi connectivity index (χ1v) is 14.6. The number of benzene rings is 2. The molecule has 1 saturated heterocycles. The first kappa shape index (κ1) is 25.1. The Kier molecular flexibility index (Phi) is 7.17. The number of esters is 1. The van der Waals surface area contributed by atoms with Crippen LogP contribution in [-0.4, -0.2) is 64.3 Å². The number of piperazine rings is 1. The molecule has 38 heavy (non-hydrogen) atoms. The Morgan fingerprint density at radius 2 is 1.63 bits per heavy atom. The van der Waals surface area contributed by atoms with Gasteiger partial charge in [-0.2, -0.15) is 5.10 Å². The van der Waals surface area contributed by atoms with Gasteiger partial charge in [-0.05, 0) is 74.9 Å². The summed E-state index contributed by atoms with van der Waals surface area (Å²) in [6.45, 7) is 9.09. The smallest absolute Gasteiger partial charge is 0.338 e. The highest BCUT2D eigenvalue weighted by atomic mass is 32.1.